The van der Waals surface area contributed by atoms with Crippen molar-refractivity contribution in [2.24, 2.45) is 5.92 Å². The number of benzene rings is 1. The molecule has 1 unspecified atom stereocenters. The van der Waals surface area contributed by atoms with E-state index in [1.54, 1.807) is 6.92 Å². The van der Waals surface area contributed by atoms with Gasteiger partial charge in [0.2, 0.25) is 10.0 Å². The van der Waals surface area contributed by atoms with Gasteiger partial charge in [-0.25, -0.2) is 8.42 Å². The van der Waals surface area contributed by atoms with Crippen LogP contribution in [0.2, 0.25) is 10.0 Å². The lowest BCUT2D eigenvalue weighted by Gasteiger charge is -2.30. The maximum absolute atomic E-state index is 12.8. The second-order valence-corrected chi connectivity index (χ2v) is 7.92. The summed E-state index contributed by atoms with van der Waals surface area (Å²) in [4.78, 5) is 0.0906. The van der Waals surface area contributed by atoms with Crippen LogP contribution >= 0.6 is 23.2 Å². The molecule has 4 nitrogen and oxygen atoms in total. The topological polar surface area (TPSA) is 46.6 Å². The van der Waals surface area contributed by atoms with Crippen LogP contribution in [-0.2, 0) is 10.0 Å². The van der Waals surface area contributed by atoms with Crippen LogP contribution < -0.4 is 4.74 Å². The minimum absolute atomic E-state index is 0.0906. The van der Waals surface area contributed by atoms with E-state index in [-0.39, 0.29) is 20.7 Å². The van der Waals surface area contributed by atoms with E-state index in [0.717, 1.165) is 12.8 Å². The maximum Gasteiger partial charge on any atom is 0.246 e. The number of ether oxygens (including phenoxy) is 1. The van der Waals surface area contributed by atoms with Gasteiger partial charge in [-0.1, -0.05) is 30.1 Å². The lowest BCUT2D eigenvalue weighted by Crippen LogP contribution is -2.39. The highest BCUT2D eigenvalue weighted by atomic mass is 35.5. The normalized spacial score (nSPS) is 20.5. The third-order valence-electron chi connectivity index (χ3n) is 3.54. The van der Waals surface area contributed by atoms with Crippen molar-refractivity contribution < 1.29 is 13.2 Å². The van der Waals surface area contributed by atoms with E-state index in [0.29, 0.717) is 25.6 Å². The number of halogens is 2. The van der Waals surface area contributed by atoms with Crippen LogP contribution in [0.4, 0.5) is 0 Å². The Bertz CT molecular complexity index is 619. The molecule has 118 valence electrons. The molecule has 0 aromatic heterocycles. The van der Waals surface area contributed by atoms with Crippen molar-refractivity contribution in [2.45, 2.75) is 31.6 Å². The number of piperidine rings is 1. The monoisotopic (exact) mass is 351 g/mol. The molecule has 0 aliphatic carbocycles. The van der Waals surface area contributed by atoms with Crippen LogP contribution in [0.25, 0.3) is 0 Å². The Labute approximate surface area is 136 Å². The Morgan fingerprint density at radius 2 is 2.10 bits per heavy atom. The van der Waals surface area contributed by atoms with Gasteiger partial charge in [0.25, 0.3) is 0 Å². The van der Waals surface area contributed by atoms with Crippen LogP contribution in [0.15, 0.2) is 17.0 Å². The lowest BCUT2D eigenvalue weighted by atomic mass is 10.0. The molecule has 0 amide bonds. The van der Waals surface area contributed by atoms with Gasteiger partial charge in [-0.15, -0.1) is 0 Å². The third kappa shape index (κ3) is 3.47. The van der Waals surface area contributed by atoms with Crippen LogP contribution in [0.3, 0.4) is 0 Å². The summed E-state index contributed by atoms with van der Waals surface area (Å²) in [6.45, 7) is 5.20. The maximum atomic E-state index is 12.8. The molecule has 0 radical (unpaired) electrons. The molecule has 1 heterocycles. The summed E-state index contributed by atoms with van der Waals surface area (Å²) in [6, 6.07) is 2.96. The molecule has 0 spiro atoms. The fraction of sp³-hybridized carbons (Fsp3) is 0.571. The molecular weight excluding hydrogens is 333 g/mol. The molecule has 0 saturated carbocycles. The van der Waals surface area contributed by atoms with Crippen molar-refractivity contribution in [3.05, 3.63) is 22.2 Å². The van der Waals surface area contributed by atoms with Gasteiger partial charge in [-0.05, 0) is 37.8 Å². The lowest BCUT2D eigenvalue weighted by molar-refractivity contribution is 0.278. The average Bonchev–Trinajstić information content (AvgIpc) is 2.44. The molecule has 1 aliphatic rings. The van der Waals surface area contributed by atoms with Crippen molar-refractivity contribution in [1.82, 2.24) is 4.31 Å². The first-order valence-electron chi connectivity index (χ1n) is 6.98. The molecule has 1 saturated heterocycles. The fourth-order valence-corrected chi connectivity index (χ4v) is 4.66. The smallest absolute Gasteiger partial charge is 0.246 e. The van der Waals surface area contributed by atoms with Gasteiger partial charge < -0.3 is 4.74 Å². The standard InChI is InChI=1S/C14H19Cl2NO3S/c1-3-20-14-12(7-6-11(15)13(14)16)21(18,19)17-8-4-5-10(2)9-17/h6-7,10H,3-5,8-9H2,1-2H3. The van der Waals surface area contributed by atoms with Crippen LogP contribution in [0.1, 0.15) is 26.7 Å². The van der Waals surface area contributed by atoms with Gasteiger partial charge in [0, 0.05) is 13.1 Å². The van der Waals surface area contributed by atoms with Crippen LogP contribution in [0.5, 0.6) is 5.75 Å². The number of sulfonamides is 1. The summed E-state index contributed by atoms with van der Waals surface area (Å²) in [6.07, 6.45) is 1.91. The molecule has 1 aromatic carbocycles. The highest BCUT2D eigenvalue weighted by molar-refractivity contribution is 7.89. The van der Waals surface area contributed by atoms with Crippen molar-refractivity contribution in [3.63, 3.8) is 0 Å². The zero-order valence-corrected chi connectivity index (χ0v) is 14.4. The highest BCUT2D eigenvalue weighted by Gasteiger charge is 2.32. The summed E-state index contributed by atoms with van der Waals surface area (Å²) in [7, 11) is -3.62. The first kappa shape index (κ1) is 16.9. The summed E-state index contributed by atoms with van der Waals surface area (Å²) in [5.41, 5.74) is 0. The number of hydrogen-bond donors (Lipinski definition) is 0. The summed E-state index contributed by atoms with van der Waals surface area (Å²) in [5.74, 6) is 0.497. The van der Waals surface area contributed by atoms with Crippen molar-refractivity contribution in [1.29, 1.82) is 0 Å². The molecule has 21 heavy (non-hydrogen) atoms. The van der Waals surface area contributed by atoms with E-state index in [9.17, 15) is 8.42 Å². The molecule has 1 fully saturated rings. The first-order chi connectivity index (χ1) is 9.87. The van der Waals surface area contributed by atoms with Gasteiger partial charge >= 0.3 is 0 Å². The quantitative estimate of drug-likeness (QED) is 0.828. The van der Waals surface area contributed by atoms with Gasteiger partial charge in [-0.2, -0.15) is 4.31 Å². The Kier molecular flexibility index (Phi) is 5.41. The van der Waals surface area contributed by atoms with E-state index >= 15 is 0 Å². The zero-order chi connectivity index (χ0) is 15.6. The van der Waals surface area contributed by atoms with E-state index < -0.39 is 10.0 Å². The molecule has 1 atom stereocenters. The minimum atomic E-state index is -3.62. The SMILES string of the molecule is CCOc1c(S(=O)(=O)N2CCCC(C)C2)ccc(Cl)c1Cl. The zero-order valence-electron chi connectivity index (χ0n) is 12.1. The number of hydrogen-bond acceptors (Lipinski definition) is 3. The van der Waals surface area contributed by atoms with Crippen molar-refractivity contribution >= 4 is 33.2 Å². The molecule has 0 bridgehead atoms. The van der Waals surface area contributed by atoms with Gasteiger partial charge in [0.15, 0.2) is 5.75 Å². The number of nitrogens with zero attached hydrogens (tertiary/aromatic N) is 1. The molecule has 1 aliphatic heterocycles. The molecule has 7 heteroatoms. The van der Waals surface area contributed by atoms with E-state index in [4.69, 9.17) is 27.9 Å². The Morgan fingerprint density at radius 3 is 2.71 bits per heavy atom. The first-order valence-corrected chi connectivity index (χ1v) is 9.18. The second kappa shape index (κ2) is 6.73. The Morgan fingerprint density at radius 1 is 1.38 bits per heavy atom. The summed E-state index contributed by atoms with van der Waals surface area (Å²) >= 11 is 12.1. The van der Waals surface area contributed by atoms with Crippen molar-refractivity contribution in [2.75, 3.05) is 19.7 Å². The largest absolute Gasteiger partial charge is 0.491 e. The summed E-state index contributed by atoms with van der Waals surface area (Å²) < 4.78 is 32.6. The molecule has 1 aromatic rings. The summed E-state index contributed by atoms with van der Waals surface area (Å²) in [5, 5.41) is 0.427. The van der Waals surface area contributed by atoms with Gasteiger partial charge in [-0.3, -0.25) is 0 Å². The van der Waals surface area contributed by atoms with E-state index in [1.165, 1.54) is 16.4 Å². The second-order valence-electron chi connectivity index (χ2n) is 5.23. The van der Waals surface area contributed by atoms with Crippen LogP contribution in [-0.4, -0.2) is 32.4 Å². The molecule has 2 rings (SSSR count). The number of rotatable bonds is 4. The van der Waals surface area contributed by atoms with Crippen LogP contribution in [0, 0.1) is 5.92 Å². The van der Waals surface area contributed by atoms with E-state index in [2.05, 4.69) is 6.92 Å². The molecule has 0 N–H and O–H groups in total. The molecular formula is C14H19Cl2NO3S. The Balaban J connectivity index is 2.46. The van der Waals surface area contributed by atoms with Gasteiger partial charge in [0.05, 0.1) is 11.6 Å². The third-order valence-corrected chi connectivity index (χ3v) is 6.22. The van der Waals surface area contributed by atoms with E-state index in [1.807, 2.05) is 0 Å². The average molecular weight is 352 g/mol. The minimum Gasteiger partial charge on any atom is -0.491 e. The predicted molar refractivity (Wildman–Crippen MR) is 84.8 cm³/mol. The highest BCUT2D eigenvalue weighted by Crippen LogP contribution is 2.39. The predicted octanol–water partition coefficient (Wildman–Crippen LogP) is 3.81. The Hall–Kier alpha value is -0.490. The van der Waals surface area contributed by atoms with Crippen molar-refractivity contribution in [3.8, 4) is 5.75 Å². The fourth-order valence-electron chi connectivity index (χ4n) is 2.50. The van der Waals surface area contributed by atoms with Gasteiger partial charge in [0.1, 0.15) is 9.92 Å².